The molecule has 0 fully saturated rings. The van der Waals surface area contributed by atoms with E-state index in [0.717, 1.165) is 43.0 Å². The SMILES string of the molecule is C=C(C)CCOc1cc(CNC(C)C)cc(CCC)n1. The fraction of sp³-hybridized carbons (Fsp3) is 0.588. The minimum atomic E-state index is 0.477. The fourth-order valence-corrected chi connectivity index (χ4v) is 1.83. The minimum Gasteiger partial charge on any atom is -0.477 e. The Morgan fingerprint density at radius 1 is 1.40 bits per heavy atom. The highest BCUT2D eigenvalue weighted by molar-refractivity contribution is 5.25. The smallest absolute Gasteiger partial charge is 0.213 e. The molecule has 3 nitrogen and oxygen atoms in total. The normalized spacial score (nSPS) is 10.8. The Balaban J connectivity index is 2.72. The molecule has 0 amide bonds. The predicted octanol–water partition coefficient (Wildman–Crippen LogP) is 3.88. The molecule has 0 unspecified atom stereocenters. The third-order valence-electron chi connectivity index (χ3n) is 2.91. The molecule has 0 aliphatic rings. The molecule has 0 saturated carbocycles. The highest BCUT2D eigenvalue weighted by atomic mass is 16.5. The van der Waals surface area contributed by atoms with Crippen LogP contribution in [0.5, 0.6) is 5.88 Å². The summed E-state index contributed by atoms with van der Waals surface area (Å²) >= 11 is 0. The Bertz CT molecular complexity index is 427. The second-order valence-corrected chi connectivity index (χ2v) is 5.65. The van der Waals surface area contributed by atoms with Crippen molar-refractivity contribution in [1.29, 1.82) is 0 Å². The second-order valence-electron chi connectivity index (χ2n) is 5.65. The van der Waals surface area contributed by atoms with E-state index in [2.05, 4.69) is 43.7 Å². The molecule has 0 aromatic carbocycles. The van der Waals surface area contributed by atoms with Gasteiger partial charge in [-0.2, -0.15) is 0 Å². The molecular weight excluding hydrogens is 248 g/mol. The summed E-state index contributed by atoms with van der Waals surface area (Å²) in [4.78, 5) is 4.57. The van der Waals surface area contributed by atoms with Gasteiger partial charge in [-0.15, -0.1) is 6.58 Å². The van der Waals surface area contributed by atoms with E-state index >= 15 is 0 Å². The Hall–Kier alpha value is -1.35. The number of rotatable bonds is 9. The Kier molecular flexibility index (Phi) is 7.31. The van der Waals surface area contributed by atoms with Gasteiger partial charge in [0.1, 0.15) is 0 Å². The van der Waals surface area contributed by atoms with E-state index in [1.807, 2.05) is 13.0 Å². The number of aromatic nitrogens is 1. The molecule has 3 heteroatoms. The third kappa shape index (κ3) is 6.71. The van der Waals surface area contributed by atoms with Crippen LogP contribution in [0.4, 0.5) is 0 Å². The van der Waals surface area contributed by atoms with Crippen molar-refractivity contribution in [3.63, 3.8) is 0 Å². The number of nitrogens with zero attached hydrogens (tertiary/aromatic N) is 1. The molecule has 0 radical (unpaired) electrons. The zero-order valence-corrected chi connectivity index (χ0v) is 13.3. The van der Waals surface area contributed by atoms with Crippen molar-refractivity contribution >= 4 is 0 Å². The molecule has 0 atom stereocenters. The fourth-order valence-electron chi connectivity index (χ4n) is 1.83. The van der Waals surface area contributed by atoms with Crippen LogP contribution in [0.3, 0.4) is 0 Å². The first-order valence-corrected chi connectivity index (χ1v) is 7.51. The van der Waals surface area contributed by atoms with E-state index in [0.29, 0.717) is 12.6 Å². The Labute approximate surface area is 123 Å². The van der Waals surface area contributed by atoms with Crippen LogP contribution in [0.1, 0.15) is 51.8 Å². The van der Waals surface area contributed by atoms with Crippen LogP contribution in [0, 0.1) is 0 Å². The largest absolute Gasteiger partial charge is 0.477 e. The first-order chi connectivity index (χ1) is 9.51. The summed E-state index contributed by atoms with van der Waals surface area (Å²) in [5, 5.41) is 3.44. The molecule has 1 rings (SSSR count). The van der Waals surface area contributed by atoms with Gasteiger partial charge in [0, 0.05) is 30.8 Å². The third-order valence-corrected chi connectivity index (χ3v) is 2.91. The number of ether oxygens (including phenoxy) is 1. The number of aryl methyl sites for hydroxylation is 1. The lowest BCUT2D eigenvalue weighted by Crippen LogP contribution is -2.22. The quantitative estimate of drug-likeness (QED) is 0.695. The topological polar surface area (TPSA) is 34.1 Å². The van der Waals surface area contributed by atoms with Crippen LogP contribution < -0.4 is 10.1 Å². The van der Waals surface area contributed by atoms with Gasteiger partial charge in [-0.25, -0.2) is 4.98 Å². The van der Waals surface area contributed by atoms with E-state index in [1.165, 1.54) is 5.56 Å². The van der Waals surface area contributed by atoms with Crippen LogP contribution in [0.2, 0.25) is 0 Å². The van der Waals surface area contributed by atoms with E-state index in [9.17, 15) is 0 Å². The van der Waals surface area contributed by atoms with Crippen LogP contribution >= 0.6 is 0 Å². The van der Waals surface area contributed by atoms with Crippen LogP contribution in [0.25, 0.3) is 0 Å². The van der Waals surface area contributed by atoms with Crippen molar-refractivity contribution in [2.24, 2.45) is 0 Å². The highest BCUT2D eigenvalue weighted by Gasteiger charge is 2.05. The van der Waals surface area contributed by atoms with Gasteiger partial charge < -0.3 is 10.1 Å². The summed E-state index contributed by atoms with van der Waals surface area (Å²) in [5.74, 6) is 0.734. The first-order valence-electron chi connectivity index (χ1n) is 7.51. The zero-order valence-electron chi connectivity index (χ0n) is 13.3. The molecule has 20 heavy (non-hydrogen) atoms. The number of pyridine rings is 1. The van der Waals surface area contributed by atoms with Gasteiger partial charge in [-0.3, -0.25) is 0 Å². The molecule has 0 aliphatic carbocycles. The van der Waals surface area contributed by atoms with Gasteiger partial charge in [0.25, 0.3) is 0 Å². The van der Waals surface area contributed by atoms with Gasteiger partial charge >= 0.3 is 0 Å². The van der Waals surface area contributed by atoms with Crippen LogP contribution in [-0.2, 0) is 13.0 Å². The maximum absolute atomic E-state index is 5.75. The average Bonchev–Trinajstić information content (AvgIpc) is 2.36. The molecule has 0 bridgehead atoms. The molecule has 0 spiro atoms. The van der Waals surface area contributed by atoms with Gasteiger partial charge in [0.2, 0.25) is 5.88 Å². The molecule has 1 aromatic rings. The van der Waals surface area contributed by atoms with Crippen molar-refractivity contribution in [3.05, 3.63) is 35.5 Å². The molecular formula is C17H28N2O. The number of hydrogen-bond donors (Lipinski definition) is 1. The van der Waals surface area contributed by atoms with Crippen molar-refractivity contribution < 1.29 is 4.74 Å². The van der Waals surface area contributed by atoms with E-state index in [4.69, 9.17) is 4.74 Å². The summed E-state index contributed by atoms with van der Waals surface area (Å²) in [5.41, 5.74) is 3.49. The molecule has 0 aliphatic heterocycles. The zero-order chi connectivity index (χ0) is 15.0. The van der Waals surface area contributed by atoms with Gasteiger partial charge in [0.05, 0.1) is 6.61 Å². The average molecular weight is 276 g/mol. The molecule has 1 aromatic heterocycles. The standard InChI is InChI=1S/C17H28N2O/c1-6-7-16-10-15(12-18-14(4)5)11-17(19-16)20-9-8-13(2)3/h10-11,14,18H,2,6-9,12H2,1,3-5H3. The van der Waals surface area contributed by atoms with Gasteiger partial charge in [-0.1, -0.05) is 32.8 Å². The summed E-state index contributed by atoms with van der Waals surface area (Å²) in [7, 11) is 0. The van der Waals surface area contributed by atoms with E-state index in [1.54, 1.807) is 0 Å². The summed E-state index contributed by atoms with van der Waals surface area (Å²) in [6.07, 6.45) is 2.96. The van der Waals surface area contributed by atoms with Crippen molar-refractivity contribution in [2.45, 2.75) is 59.5 Å². The maximum Gasteiger partial charge on any atom is 0.213 e. The van der Waals surface area contributed by atoms with Crippen molar-refractivity contribution in [1.82, 2.24) is 10.3 Å². The predicted molar refractivity (Wildman–Crippen MR) is 85.1 cm³/mol. The number of hydrogen-bond acceptors (Lipinski definition) is 3. The van der Waals surface area contributed by atoms with Crippen LogP contribution in [-0.4, -0.2) is 17.6 Å². The van der Waals surface area contributed by atoms with Crippen LogP contribution in [0.15, 0.2) is 24.3 Å². The van der Waals surface area contributed by atoms with E-state index in [-0.39, 0.29) is 0 Å². The first kappa shape index (κ1) is 16.7. The maximum atomic E-state index is 5.75. The van der Waals surface area contributed by atoms with Crippen molar-refractivity contribution in [2.75, 3.05) is 6.61 Å². The molecule has 1 heterocycles. The monoisotopic (exact) mass is 276 g/mol. The Morgan fingerprint density at radius 3 is 2.75 bits per heavy atom. The van der Waals surface area contributed by atoms with Gasteiger partial charge in [-0.05, 0) is 25.0 Å². The minimum absolute atomic E-state index is 0.477. The lowest BCUT2D eigenvalue weighted by molar-refractivity contribution is 0.308. The summed E-state index contributed by atoms with van der Waals surface area (Å²) in [6.45, 7) is 13.9. The molecule has 1 N–H and O–H groups in total. The van der Waals surface area contributed by atoms with E-state index < -0.39 is 0 Å². The number of nitrogens with one attached hydrogen (secondary N) is 1. The second kappa shape index (κ2) is 8.75. The Morgan fingerprint density at radius 2 is 2.15 bits per heavy atom. The lowest BCUT2D eigenvalue weighted by atomic mass is 10.1. The highest BCUT2D eigenvalue weighted by Crippen LogP contribution is 2.15. The van der Waals surface area contributed by atoms with Gasteiger partial charge in [0.15, 0.2) is 0 Å². The van der Waals surface area contributed by atoms with Crippen molar-refractivity contribution in [3.8, 4) is 5.88 Å². The molecule has 0 saturated heterocycles. The molecule has 112 valence electrons. The summed E-state index contributed by atoms with van der Waals surface area (Å²) in [6, 6.07) is 4.68. The summed E-state index contributed by atoms with van der Waals surface area (Å²) < 4.78 is 5.75. The lowest BCUT2D eigenvalue weighted by Gasteiger charge is -2.12.